The molecule has 1 amide bonds. The van der Waals surface area contributed by atoms with Crippen LogP contribution in [0.15, 0.2) is 76.4 Å². The molecule has 1 aromatic heterocycles. The topological polar surface area (TPSA) is 75.3 Å². The van der Waals surface area contributed by atoms with E-state index in [1.807, 2.05) is 37.3 Å². The van der Waals surface area contributed by atoms with Crippen LogP contribution in [0, 0.1) is 0 Å². The van der Waals surface area contributed by atoms with Crippen molar-refractivity contribution in [2.75, 3.05) is 6.61 Å². The number of carbonyl (C=O) groups is 1. The Morgan fingerprint density at radius 2 is 2.07 bits per heavy atom. The van der Waals surface area contributed by atoms with Gasteiger partial charge in [-0.15, -0.1) is 0 Å². The Balaban J connectivity index is 1.73. The first-order valence-corrected chi connectivity index (χ1v) is 9.13. The van der Waals surface area contributed by atoms with Crippen molar-refractivity contribution in [2.45, 2.75) is 19.4 Å². The number of para-hydroxylation sites is 1. The average molecular weight is 376 g/mol. The van der Waals surface area contributed by atoms with Crippen molar-refractivity contribution in [3.63, 3.8) is 0 Å². The molecule has 1 unspecified atom stereocenters. The summed E-state index contributed by atoms with van der Waals surface area (Å²) in [5.74, 6) is 0.757. The predicted molar refractivity (Wildman–Crippen MR) is 104 cm³/mol. The van der Waals surface area contributed by atoms with Gasteiger partial charge in [0.15, 0.2) is 5.76 Å². The summed E-state index contributed by atoms with van der Waals surface area (Å²) < 4.78 is 10.9. The van der Waals surface area contributed by atoms with Gasteiger partial charge < -0.3 is 14.3 Å². The second kappa shape index (κ2) is 7.60. The lowest BCUT2D eigenvalue weighted by molar-refractivity contribution is 0.0678. The number of nitrogens with zero attached hydrogens (tertiary/aromatic N) is 2. The van der Waals surface area contributed by atoms with Crippen molar-refractivity contribution in [3.8, 4) is 11.5 Å². The molecule has 142 valence electrons. The minimum atomic E-state index is -0.331. The van der Waals surface area contributed by atoms with Gasteiger partial charge in [0.2, 0.25) is 0 Å². The summed E-state index contributed by atoms with van der Waals surface area (Å²) in [6.07, 6.45) is 1.93. The second-order valence-corrected chi connectivity index (χ2v) is 6.42. The lowest BCUT2D eigenvalue weighted by Gasteiger charge is -2.21. The van der Waals surface area contributed by atoms with Gasteiger partial charge in [-0.3, -0.25) is 4.79 Å². The number of ether oxygens (including phenoxy) is 1. The molecule has 0 radical (unpaired) electrons. The molecule has 1 atom stereocenters. The molecular formula is C22H20N2O4. The molecule has 0 fully saturated rings. The molecule has 2 heterocycles. The third kappa shape index (κ3) is 3.36. The van der Waals surface area contributed by atoms with Gasteiger partial charge in [-0.25, -0.2) is 5.01 Å². The van der Waals surface area contributed by atoms with Crippen LogP contribution in [0.25, 0.3) is 0 Å². The lowest BCUT2D eigenvalue weighted by atomic mass is 9.97. The number of hydrogen-bond donors (Lipinski definition) is 1. The average Bonchev–Trinajstić information content (AvgIpc) is 3.39. The zero-order valence-electron chi connectivity index (χ0n) is 15.4. The maximum absolute atomic E-state index is 13.0. The largest absolute Gasteiger partial charge is 0.507 e. The fraction of sp³-hybridized carbons (Fsp3) is 0.182. The molecule has 4 rings (SSSR count). The first kappa shape index (κ1) is 17.9. The Hall–Kier alpha value is -3.54. The quantitative estimate of drug-likeness (QED) is 0.717. The van der Waals surface area contributed by atoms with E-state index in [0.717, 1.165) is 11.3 Å². The van der Waals surface area contributed by atoms with Crippen LogP contribution in [0.2, 0.25) is 0 Å². The van der Waals surface area contributed by atoms with Crippen LogP contribution in [0.1, 0.15) is 41.1 Å². The molecule has 1 aliphatic rings. The molecule has 0 spiro atoms. The van der Waals surface area contributed by atoms with Gasteiger partial charge in [-0.2, -0.15) is 5.10 Å². The van der Waals surface area contributed by atoms with Crippen LogP contribution in [0.3, 0.4) is 0 Å². The summed E-state index contributed by atoms with van der Waals surface area (Å²) in [6.45, 7) is 2.48. The predicted octanol–water partition coefficient (Wildman–Crippen LogP) is 4.38. The van der Waals surface area contributed by atoms with E-state index in [1.165, 1.54) is 11.3 Å². The molecule has 28 heavy (non-hydrogen) atoms. The number of furan rings is 1. The summed E-state index contributed by atoms with van der Waals surface area (Å²) in [4.78, 5) is 13.0. The molecule has 1 aliphatic heterocycles. The highest BCUT2D eigenvalue weighted by atomic mass is 16.5. The van der Waals surface area contributed by atoms with E-state index in [2.05, 4.69) is 5.10 Å². The van der Waals surface area contributed by atoms with Crippen LogP contribution < -0.4 is 4.74 Å². The van der Waals surface area contributed by atoms with Gasteiger partial charge in [0.05, 0.1) is 24.6 Å². The molecule has 3 aromatic rings. The maximum atomic E-state index is 13.0. The smallest absolute Gasteiger partial charge is 0.310 e. The summed E-state index contributed by atoms with van der Waals surface area (Å²) in [7, 11) is 0. The van der Waals surface area contributed by atoms with Crippen molar-refractivity contribution in [1.82, 2.24) is 5.01 Å². The van der Waals surface area contributed by atoms with Crippen LogP contribution in [-0.4, -0.2) is 28.3 Å². The fourth-order valence-electron chi connectivity index (χ4n) is 3.33. The lowest BCUT2D eigenvalue weighted by Crippen LogP contribution is -2.26. The standard InChI is InChI=1S/C22H20N2O4/c1-2-27-16-8-5-7-15(13-16)19-14-18(17-9-3-4-10-20(17)25)23-24(19)22(26)21-11-6-12-28-21/h3-13,19,25H,2,14H2,1H3. The Bertz CT molecular complexity index is 1010. The summed E-state index contributed by atoms with van der Waals surface area (Å²) in [5.41, 5.74) is 2.16. The van der Waals surface area contributed by atoms with Crippen molar-refractivity contribution in [1.29, 1.82) is 0 Å². The minimum Gasteiger partial charge on any atom is -0.507 e. The second-order valence-electron chi connectivity index (χ2n) is 6.42. The number of phenolic OH excluding ortho intramolecular Hbond substituents is 1. The zero-order valence-corrected chi connectivity index (χ0v) is 15.4. The number of hydrazone groups is 1. The third-order valence-electron chi connectivity index (χ3n) is 4.62. The molecule has 2 aromatic carbocycles. The number of benzene rings is 2. The van der Waals surface area contributed by atoms with Gasteiger partial charge >= 0.3 is 5.91 Å². The van der Waals surface area contributed by atoms with Gasteiger partial charge in [-0.1, -0.05) is 24.3 Å². The van der Waals surface area contributed by atoms with E-state index < -0.39 is 0 Å². The normalized spacial score (nSPS) is 16.1. The highest BCUT2D eigenvalue weighted by Crippen LogP contribution is 2.36. The fourth-order valence-corrected chi connectivity index (χ4v) is 3.33. The maximum Gasteiger partial charge on any atom is 0.310 e. The number of aromatic hydroxyl groups is 1. The Morgan fingerprint density at radius 3 is 2.82 bits per heavy atom. The molecule has 6 heteroatoms. The van der Waals surface area contributed by atoms with Crippen LogP contribution in [0.5, 0.6) is 11.5 Å². The van der Waals surface area contributed by atoms with Crippen LogP contribution in [0.4, 0.5) is 0 Å². The summed E-state index contributed by atoms with van der Waals surface area (Å²) in [5, 5.41) is 16.2. The van der Waals surface area contributed by atoms with Crippen LogP contribution >= 0.6 is 0 Å². The third-order valence-corrected chi connectivity index (χ3v) is 4.62. The van der Waals surface area contributed by atoms with Gasteiger partial charge in [0.25, 0.3) is 0 Å². The molecule has 0 saturated heterocycles. The molecule has 1 N–H and O–H groups in total. The van der Waals surface area contributed by atoms with E-state index in [4.69, 9.17) is 9.15 Å². The molecule has 0 bridgehead atoms. The number of carbonyl (C=O) groups excluding carboxylic acids is 1. The van der Waals surface area contributed by atoms with Crippen molar-refractivity contribution in [2.24, 2.45) is 5.10 Å². The summed E-state index contributed by atoms with van der Waals surface area (Å²) >= 11 is 0. The highest BCUT2D eigenvalue weighted by Gasteiger charge is 2.35. The van der Waals surface area contributed by atoms with Gasteiger partial charge in [-0.05, 0) is 48.9 Å². The van der Waals surface area contributed by atoms with Crippen molar-refractivity contribution in [3.05, 3.63) is 83.8 Å². The highest BCUT2D eigenvalue weighted by molar-refractivity contribution is 6.06. The van der Waals surface area contributed by atoms with E-state index in [-0.39, 0.29) is 23.5 Å². The number of hydrogen-bond acceptors (Lipinski definition) is 5. The van der Waals surface area contributed by atoms with E-state index >= 15 is 0 Å². The first-order valence-electron chi connectivity index (χ1n) is 9.13. The Kier molecular flexibility index (Phi) is 4.85. The van der Waals surface area contributed by atoms with E-state index in [0.29, 0.717) is 24.3 Å². The number of rotatable bonds is 5. The number of amides is 1. The minimum absolute atomic E-state index is 0.135. The van der Waals surface area contributed by atoms with E-state index in [1.54, 1.807) is 30.3 Å². The SMILES string of the molecule is CCOc1cccc(C2CC(c3ccccc3O)=NN2C(=O)c2ccco2)c1. The molecular weight excluding hydrogens is 356 g/mol. The van der Waals surface area contributed by atoms with Crippen LogP contribution in [-0.2, 0) is 0 Å². The molecule has 0 saturated carbocycles. The van der Waals surface area contributed by atoms with Gasteiger partial charge in [0.1, 0.15) is 11.5 Å². The van der Waals surface area contributed by atoms with Gasteiger partial charge in [0, 0.05) is 12.0 Å². The number of phenols is 1. The monoisotopic (exact) mass is 376 g/mol. The van der Waals surface area contributed by atoms with E-state index in [9.17, 15) is 9.90 Å². The Labute approximate surface area is 162 Å². The Morgan fingerprint density at radius 1 is 1.21 bits per heavy atom. The molecule has 6 nitrogen and oxygen atoms in total. The van der Waals surface area contributed by atoms with Crippen molar-refractivity contribution >= 4 is 11.6 Å². The van der Waals surface area contributed by atoms with Crippen molar-refractivity contribution < 1.29 is 19.1 Å². The summed E-state index contributed by atoms with van der Waals surface area (Å²) in [6, 6.07) is 17.6. The molecule has 0 aliphatic carbocycles. The first-order chi connectivity index (χ1) is 13.7. The zero-order chi connectivity index (χ0) is 19.5.